The van der Waals surface area contributed by atoms with Crippen molar-refractivity contribution in [2.45, 2.75) is 56.8 Å². The van der Waals surface area contributed by atoms with E-state index in [0.29, 0.717) is 24.0 Å². The van der Waals surface area contributed by atoms with Gasteiger partial charge in [0.05, 0.1) is 0 Å². The van der Waals surface area contributed by atoms with Gasteiger partial charge in [0.15, 0.2) is 0 Å². The zero-order valence-corrected chi connectivity index (χ0v) is 35.7. The predicted octanol–water partition coefficient (Wildman–Crippen LogP) is 9.53. The lowest BCUT2D eigenvalue weighted by molar-refractivity contribution is -0.112. The smallest absolute Gasteiger partial charge is 0.340 e. The number of allylic oxidation sites excluding steroid dienone is 2. The average molecular weight is 913 g/mol. The zero-order chi connectivity index (χ0) is 47.0. The Hall–Kier alpha value is -8.22. The van der Waals surface area contributed by atoms with Crippen molar-refractivity contribution in [1.82, 2.24) is 0 Å². The molecule has 0 N–H and O–H groups in total. The highest BCUT2D eigenvalue weighted by atomic mass is 32.2. The lowest BCUT2D eigenvalue weighted by atomic mass is 9.72. The van der Waals surface area contributed by atoms with Crippen LogP contribution in [0.25, 0.3) is 51.6 Å². The molecule has 0 saturated carbocycles. The molecular weight excluding hydrogens is 885 g/mol. The highest BCUT2D eigenvalue weighted by Crippen LogP contribution is 2.63. The molecule has 0 unspecified atom stereocenters. The first-order valence-electron chi connectivity index (χ1n) is 19.0. The molecule has 0 aromatic heterocycles. The van der Waals surface area contributed by atoms with Crippen LogP contribution >= 0.6 is 0 Å². The van der Waals surface area contributed by atoms with Gasteiger partial charge in [0.1, 0.15) is 32.7 Å². The van der Waals surface area contributed by atoms with Crippen LogP contribution in [0.5, 0.6) is 11.5 Å². The molecule has 4 aromatic rings. The van der Waals surface area contributed by atoms with E-state index in [1.165, 1.54) is 48.5 Å². The van der Waals surface area contributed by atoms with E-state index in [-0.39, 0.29) is 22.9 Å². The Morgan fingerprint density at radius 2 is 0.877 bits per heavy atom. The van der Waals surface area contributed by atoms with E-state index in [1.807, 2.05) is 27.7 Å². The highest BCUT2D eigenvalue weighted by Gasteiger charge is 2.56. The molecule has 0 radical (unpaired) electrons. The van der Waals surface area contributed by atoms with Crippen LogP contribution in [0.15, 0.2) is 105 Å². The number of rotatable bonds is 10. The molecule has 22 nitrogen and oxygen atoms in total. The van der Waals surface area contributed by atoms with Gasteiger partial charge in [-0.3, -0.25) is 19.2 Å². The van der Waals surface area contributed by atoms with Crippen LogP contribution in [-0.2, 0) is 46.1 Å². The fourth-order valence-corrected chi connectivity index (χ4v) is 12.1. The molecule has 1 spiro atoms. The third-order valence-corrected chi connectivity index (χ3v) is 14.4. The van der Waals surface area contributed by atoms with Crippen molar-refractivity contribution < 1.29 is 44.4 Å². The highest BCUT2D eigenvalue weighted by molar-refractivity contribution is 7.97. The average Bonchev–Trinajstić information content (AvgIpc) is 3.60. The number of nitrogens with zero attached hydrogens (tertiary/aromatic N) is 12. The summed E-state index contributed by atoms with van der Waals surface area (Å²) in [5.41, 5.74) is 33.2. The topological polar surface area (TPSA) is 350 Å². The number of fused-ring (bicyclic) bond motifs is 6. The first kappa shape index (κ1) is 43.4. The zero-order valence-electron chi connectivity index (χ0n) is 34.1. The minimum atomic E-state index is -5.12. The quantitative estimate of drug-likeness (QED) is 0.0476. The van der Waals surface area contributed by atoms with Crippen LogP contribution in [0, 0.1) is 0 Å². The van der Waals surface area contributed by atoms with E-state index in [2.05, 4.69) is 40.1 Å². The number of Topliss-reactive ketones (excluding diaryl/α,β-unsaturated/α-hetero) is 4. The second kappa shape index (κ2) is 15.0. The first-order chi connectivity index (χ1) is 30.7. The van der Waals surface area contributed by atoms with Crippen LogP contribution in [0.4, 0.5) is 11.4 Å². The molecule has 4 aliphatic carbocycles. The molecule has 8 rings (SSSR count). The molecule has 0 aliphatic heterocycles. The van der Waals surface area contributed by atoms with Crippen molar-refractivity contribution in [3.63, 3.8) is 0 Å². The molecule has 0 saturated heterocycles. The Bertz CT molecular complexity index is 3250. The summed E-state index contributed by atoms with van der Waals surface area (Å²) in [6, 6.07) is 16.5. The summed E-state index contributed by atoms with van der Waals surface area (Å²) in [5.74, 6) is -5.63. The molecule has 0 bridgehead atoms. The molecule has 324 valence electrons. The van der Waals surface area contributed by atoms with E-state index in [9.17, 15) is 58.1 Å². The molecule has 0 fully saturated rings. The Kier molecular flexibility index (Phi) is 10.00. The van der Waals surface area contributed by atoms with Crippen LogP contribution < -0.4 is 8.37 Å². The molecule has 4 aromatic carbocycles. The van der Waals surface area contributed by atoms with E-state index < -0.39 is 103 Å². The normalized spacial score (nSPS) is 18.9. The van der Waals surface area contributed by atoms with Crippen molar-refractivity contribution in [2.75, 3.05) is 0 Å². The molecule has 65 heavy (non-hydrogen) atoms. The second-order valence-corrected chi connectivity index (χ2v) is 19.5. The summed E-state index contributed by atoms with van der Waals surface area (Å²) < 4.78 is 68.1. The van der Waals surface area contributed by atoms with Gasteiger partial charge in [-0.15, -0.1) is 0 Å². The van der Waals surface area contributed by atoms with Crippen molar-refractivity contribution in [3.05, 3.63) is 170 Å². The van der Waals surface area contributed by atoms with Gasteiger partial charge in [-0.25, -0.2) is 0 Å². The molecule has 0 heterocycles. The van der Waals surface area contributed by atoms with Gasteiger partial charge in [0.2, 0.25) is 23.1 Å². The van der Waals surface area contributed by atoms with E-state index in [0.717, 1.165) is 23.3 Å². The Morgan fingerprint density at radius 3 is 1.23 bits per heavy atom. The van der Waals surface area contributed by atoms with Crippen LogP contribution in [0.2, 0.25) is 0 Å². The standard InChI is InChI=1S/C41H28N12O10S2/c1-39(2)17-41(23-13-11-19(15-25(23)39)62-64(58,59)37-29-21(7-5-9-27(29)46-50-42)33(54)35(56)31(37)48-52-44)18-40(3,4)26-16-20(12-14-24(26)41)63-65(60,61)38-30-22(8-6-10-28(30)47-51-43)34(55)36(57)32(38)49-53-45/h5-16H,17-18H2,1-4H3. The van der Waals surface area contributed by atoms with Crippen molar-refractivity contribution in [3.8, 4) is 11.5 Å². The van der Waals surface area contributed by atoms with E-state index in [1.54, 1.807) is 12.1 Å². The summed E-state index contributed by atoms with van der Waals surface area (Å²) in [6.07, 6.45) is 0.952. The second-order valence-electron chi connectivity index (χ2n) is 16.5. The number of hydrogen-bond acceptors (Lipinski definition) is 14. The number of carbonyl (C=O) groups is 4. The summed E-state index contributed by atoms with van der Waals surface area (Å²) >= 11 is 0. The van der Waals surface area contributed by atoms with Gasteiger partial charge in [-0.1, -0.05) is 96.7 Å². The third-order valence-electron chi connectivity index (χ3n) is 11.8. The minimum Gasteiger partial charge on any atom is -0.379 e. The number of azide groups is 4. The van der Waals surface area contributed by atoms with Gasteiger partial charge >= 0.3 is 20.2 Å². The summed E-state index contributed by atoms with van der Waals surface area (Å²) in [7, 11) is -10.2. The summed E-state index contributed by atoms with van der Waals surface area (Å²) in [6.45, 7) is 7.77. The van der Waals surface area contributed by atoms with Crippen LogP contribution in [0.3, 0.4) is 0 Å². The van der Waals surface area contributed by atoms with Crippen molar-refractivity contribution >= 4 is 64.6 Å². The van der Waals surface area contributed by atoms with Gasteiger partial charge in [0, 0.05) is 58.7 Å². The van der Waals surface area contributed by atoms with E-state index >= 15 is 0 Å². The Labute approximate surface area is 366 Å². The van der Waals surface area contributed by atoms with Gasteiger partial charge in [-0.2, -0.15) is 16.8 Å². The molecule has 24 heteroatoms. The van der Waals surface area contributed by atoms with Crippen LogP contribution in [-0.4, -0.2) is 40.0 Å². The Balaban J connectivity index is 1.19. The van der Waals surface area contributed by atoms with Crippen LogP contribution in [0.1, 0.15) is 94.6 Å². The molecule has 4 aliphatic rings. The van der Waals surface area contributed by atoms with Gasteiger partial charge < -0.3 is 8.37 Å². The predicted molar refractivity (Wildman–Crippen MR) is 229 cm³/mol. The largest absolute Gasteiger partial charge is 0.379 e. The first-order valence-corrected chi connectivity index (χ1v) is 21.8. The van der Waals surface area contributed by atoms with E-state index in [4.69, 9.17) is 8.37 Å². The number of ketones is 4. The minimum absolute atomic E-state index is 0.206. The monoisotopic (exact) mass is 912 g/mol. The number of benzene rings is 4. The maximum atomic E-state index is 14.2. The maximum absolute atomic E-state index is 14.2. The fraction of sp³-hybridized carbons (Fsp3) is 0.220. The van der Waals surface area contributed by atoms with Crippen molar-refractivity contribution in [1.29, 1.82) is 0 Å². The fourth-order valence-electron chi connectivity index (χ4n) is 9.59. The number of hydrogen-bond donors (Lipinski definition) is 0. The summed E-state index contributed by atoms with van der Waals surface area (Å²) in [4.78, 5) is 60.8. The maximum Gasteiger partial charge on any atom is 0.340 e. The number of carbonyl (C=O) groups excluding carboxylic acids is 4. The summed E-state index contributed by atoms with van der Waals surface area (Å²) in [5, 5.41) is 13.5. The van der Waals surface area contributed by atoms with Gasteiger partial charge in [0.25, 0.3) is 0 Å². The van der Waals surface area contributed by atoms with Gasteiger partial charge in [-0.05, 0) is 92.3 Å². The Morgan fingerprint density at radius 1 is 0.508 bits per heavy atom. The lowest BCUT2D eigenvalue weighted by Crippen LogP contribution is -2.27. The molecule has 0 atom stereocenters. The van der Waals surface area contributed by atoms with Crippen molar-refractivity contribution in [2.24, 2.45) is 20.5 Å². The molecular formula is C41H28N12O10S2. The third kappa shape index (κ3) is 6.65. The molecule has 0 amide bonds. The SMILES string of the molecule is CC1(C)CC2(CC(C)(C)c3cc(OS(=O)(=O)C4=C(N=[N+]=[N-])C(=O)C(=O)c5cccc(N=[N+]=[N-])c54)ccc32)c2ccc(OS(=O)(=O)C3=C(N=[N+]=[N-])C(=O)C(=O)c4cccc(N=[N+]=[N-])c43)cc21. The lowest BCUT2D eigenvalue weighted by Gasteiger charge is -2.30.